The molecule has 6 heteroatoms. The minimum atomic E-state index is -0.0978. The van der Waals surface area contributed by atoms with Crippen LogP contribution in [0.25, 0.3) is 0 Å². The average Bonchev–Trinajstić information content (AvgIpc) is 3.48. The third kappa shape index (κ3) is 5.06. The lowest BCUT2D eigenvalue weighted by Crippen LogP contribution is -2.47. The van der Waals surface area contributed by atoms with Crippen LogP contribution in [0.1, 0.15) is 38.2 Å². The fourth-order valence-corrected chi connectivity index (χ4v) is 3.29. The van der Waals surface area contributed by atoms with E-state index in [0.29, 0.717) is 6.04 Å². The van der Waals surface area contributed by atoms with Crippen molar-refractivity contribution in [3.63, 3.8) is 0 Å². The molecule has 2 fully saturated rings. The topological polar surface area (TPSA) is 39.7 Å². The van der Waals surface area contributed by atoms with Crippen LogP contribution in [0.4, 0.5) is 4.39 Å². The van der Waals surface area contributed by atoms with Crippen molar-refractivity contribution < 1.29 is 4.39 Å². The molecule has 0 saturated heterocycles. The molecule has 0 aliphatic heterocycles. The molecule has 3 rings (SSSR count). The van der Waals surface area contributed by atoms with Crippen molar-refractivity contribution in [2.24, 2.45) is 4.99 Å². The molecule has 2 aliphatic carbocycles. The Kier molecular flexibility index (Phi) is 7.08. The number of hydrogen-bond donors (Lipinski definition) is 2. The number of benzene rings is 1. The van der Waals surface area contributed by atoms with E-state index in [9.17, 15) is 4.39 Å². The third-order valence-corrected chi connectivity index (χ3v) is 5.50. The van der Waals surface area contributed by atoms with E-state index in [-0.39, 0.29) is 35.2 Å². The van der Waals surface area contributed by atoms with Gasteiger partial charge in [0, 0.05) is 37.6 Å². The first-order chi connectivity index (χ1) is 11.6. The van der Waals surface area contributed by atoms with Gasteiger partial charge in [0.15, 0.2) is 5.96 Å². The third-order valence-electron chi connectivity index (χ3n) is 5.50. The summed E-state index contributed by atoms with van der Waals surface area (Å²) in [5.41, 5.74) is 0.758. The molecule has 0 heterocycles. The van der Waals surface area contributed by atoms with Gasteiger partial charge in [0.2, 0.25) is 0 Å². The molecule has 1 aromatic rings. The second kappa shape index (κ2) is 8.66. The zero-order valence-electron chi connectivity index (χ0n) is 15.4. The Labute approximate surface area is 167 Å². The summed E-state index contributed by atoms with van der Waals surface area (Å²) in [6.07, 6.45) is 4.69. The van der Waals surface area contributed by atoms with Crippen LogP contribution in [-0.2, 0) is 5.41 Å². The molecule has 2 aliphatic rings. The highest BCUT2D eigenvalue weighted by Crippen LogP contribution is 2.48. The van der Waals surface area contributed by atoms with E-state index in [1.165, 1.54) is 12.8 Å². The van der Waals surface area contributed by atoms with Gasteiger partial charge in [-0.15, -0.1) is 24.0 Å². The van der Waals surface area contributed by atoms with E-state index in [1.54, 1.807) is 19.2 Å². The monoisotopic (exact) mass is 460 g/mol. The number of aliphatic imine (C=N–C) groups is 1. The van der Waals surface area contributed by atoms with Crippen LogP contribution in [0.3, 0.4) is 0 Å². The first-order valence-electron chi connectivity index (χ1n) is 8.97. The van der Waals surface area contributed by atoms with E-state index in [2.05, 4.69) is 34.5 Å². The van der Waals surface area contributed by atoms with Gasteiger partial charge in [-0.05, 0) is 51.3 Å². The van der Waals surface area contributed by atoms with Gasteiger partial charge in [0.05, 0.1) is 0 Å². The maximum absolute atomic E-state index is 14.1. The highest BCUT2D eigenvalue weighted by molar-refractivity contribution is 14.0. The molecule has 2 saturated carbocycles. The second-order valence-corrected chi connectivity index (χ2v) is 7.31. The van der Waals surface area contributed by atoms with E-state index >= 15 is 0 Å². The van der Waals surface area contributed by atoms with E-state index < -0.39 is 0 Å². The Bertz CT molecular complexity index is 599. The molecule has 0 aromatic heterocycles. The van der Waals surface area contributed by atoms with Gasteiger partial charge in [0.25, 0.3) is 0 Å². The first-order valence-corrected chi connectivity index (χ1v) is 8.97. The number of halogens is 2. The Morgan fingerprint density at radius 3 is 2.56 bits per heavy atom. The Morgan fingerprint density at radius 2 is 2.00 bits per heavy atom. The molecular weight excluding hydrogens is 430 g/mol. The quantitative estimate of drug-likeness (QED) is 0.373. The number of likely N-dealkylation sites (N-methyl/N-ethyl adjacent to an activating group) is 1. The number of hydrogen-bond acceptors (Lipinski definition) is 2. The van der Waals surface area contributed by atoms with Gasteiger partial charge in [-0.2, -0.15) is 0 Å². The lowest BCUT2D eigenvalue weighted by atomic mass is 9.95. The van der Waals surface area contributed by atoms with Gasteiger partial charge in [0.1, 0.15) is 5.82 Å². The zero-order valence-corrected chi connectivity index (χ0v) is 17.7. The van der Waals surface area contributed by atoms with Crippen LogP contribution < -0.4 is 10.6 Å². The number of nitrogens with zero attached hydrogens (tertiary/aromatic N) is 2. The fourth-order valence-electron chi connectivity index (χ4n) is 3.29. The molecule has 1 aromatic carbocycles. The Morgan fingerprint density at radius 1 is 1.32 bits per heavy atom. The van der Waals surface area contributed by atoms with Crippen LogP contribution in [0.15, 0.2) is 29.3 Å². The summed E-state index contributed by atoms with van der Waals surface area (Å²) in [6, 6.07) is 8.36. The minimum absolute atomic E-state index is 0. The normalized spacial score (nSPS) is 20.0. The summed E-state index contributed by atoms with van der Waals surface area (Å²) >= 11 is 0. The highest BCUT2D eigenvalue weighted by atomic mass is 127. The van der Waals surface area contributed by atoms with Gasteiger partial charge < -0.3 is 10.6 Å². The standard InChI is InChI=1S/C19H29FN4.HI/c1-14(24(3)15-8-9-15)12-22-18(21-2)23-13-19(10-11-19)16-6-4-5-7-17(16)20;/h4-7,14-15H,8-13H2,1-3H3,(H2,21,22,23);1H. The van der Waals surface area contributed by atoms with Gasteiger partial charge in [-0.1, -0.05) is 18.2 Å². The largest absolute Gasteiger partial charge is 0.356 e. The minimum Gasteiger partial charge on any atom is -0.356 e. The van der Waals surface area contributed by atoms with Crippen LogP contribution in [0, 0.1) is 5.82 Å². The zero-order chi connectivity index (χ0) is 17.2. The maximum Gasteiger partial charge on any atom is 0.191 e. The predicted octanol–water partition coefficient (Wildman–Crippen LogP) is 3.12. The van der Waals surface area contributed by atoms with E-state index in [0.717, 1.165) is 43.5 Å². The van der Waals surface area contributed by atoms with Crippen LogP contribution in [0.5, 0.6) is 0 Å². The van der Waals surface area contributed by atoms with Crippen molar-refractivity contribution in [2.75, 3.05) is 27.2 Å². The number of guanidine groups is 1. The molecule has 0 radical (unpaired) electrons. The van der Waals surface area contributed by atoms with Crippen molar-refractivity contribution in [2.45, 2.75) is 50.1 Å². The first kappa shape index (κ1) is 20.4. The molecule has 1 unspecified atom stereocenters. The summed E-state index contributed by atoms with van der Waals surface area (Å²) in [6.45, 7) is 3.82. The molecular formula is C19H30FIN4. The van der Waals surface area contributed by atoms with Crippen LogP contribution in [-0.4, -0.2) is 50.1 Å². The van der Waals surface area contributed by atoms with Crippen molar-refractivity contribution in [3.8, 4) is 0 Å². The average molecular weight is 460 g/mol. The lowest BCUT2D eigenvalue weighted by Gasteiger charge is -2.26. The summed E-state index contributed by atoms with van der Waals surface area (Å²) < 4.78 is 14.1. The van der Waals surface area contributed by atoms with Gasteiger partial charge in [-0.3, -0.25) is 9.89 Å². The second-order valence-electron chi connectivity index (χ2n) is 7.31. The van der Waals surface area contributed by atoms with Crippen molar-refractivity contribution >= 4 is 29.9 Å². The lowest BCUT2D eigenvalue weighted by molar-refractivity contribution is 0.247. The molecule has 0 spiro atoms. The van der Waals surface area contributed by atoms with Gasteiger partial charge >= 0.3 is 0 Å². The molecule has 140 valence electrons. The van der Waals surface area contributed by atoms with Crippen molar-refractivity contribution in [3.05, 3.63) is 35.6 Å². The molecule has 2 N–H and O–H groups in total. The summed E-state index contributed by atoms with van der Waals surface area (Å²) in [7, 11) is 3.98. The van der Waals surface area contributed by atoms with Crippen LogP contribution in [0.2, 0.25) is 0 Å². The molecule has 1 atom stereocenters. The molecule has 0 amide bonds. The van der Waals surface area contributed by atoms with Crippen molar-refractivity contribution in [1.82, 2.24) is 15.5 Å². The predicted molar refractivity (Wildman–Crippen MR) is 112 cm³/mol. The van der Waals surface area contributed by atoms with E-state index in [4.69, 9.17) is 0 Å². The number of nitrogens with one attached hydrogen (secondary N) is 2. The van der Waals surface area contributed by atoms with Crippen molar-refractivity contribution in [1.29, 1.82) is 0 Å². The smallest absolute Gasteiger partial charge is 0.191 e. The summed E-state index contributed by atoms with van der Waals surface area (Å²) in [4.78, 5) is 6.74. The number of rotatable bonds is 7. The fraction of sp³-hybridized carbons (Fsp3) is 0.632. The van der Waals surface area contributed by atoms with Crippen LogP contribution >= 0.6 is 24.0 Å². The van der Waals surface area contributed by atoms with E-state index in [1.807, 2.05) is 12.1 Å². The maximum atomic E-state index is 14.1. The van der Waals surface area contributed by atoms with Gasteiger partial charge in [-0.25, -0.2) is 4.39 Å². The molecule has 4 nitrogen and oxygen atoms in total. The Balaban J connectivity index is 0.00000225. The molecule has 25 heavy (non-hydrogen) atoms. The SMILES string of the molecule is CN=C(NCC(C)N(C)C1CC1)NCC1(c2ccccc2F)CC1.I. The molecule has 0 bridgehead atoms. The summed E-state index contributed by atoms with van der Waals surface area (Å²) in [5, 5.41) is 6.79. The summed E-state index contributed by atoms with van der Waals surface area (Å²) in [5.74, 6) is 0.702. The Hall–Kier alpha value is -0.890. The highest BCUT2D eigenvalue weighted by Gasteiger charge is 2.45.